The Morgan fingerprint density at radius 1 is 1.37 bits per heavy atom. The second-order valence-electron chi connectivity index (χ2n) is 4.88. The lowest BCUT2D eigenvalue weighted by Crippen LogP contribution is -2.38. The molecule has 0 bridgehead atoms. The van der Waals surface area contributed by atoms with Gasteiger partial charge in [-0.25, -0.2) is 8.42 Å². The van der Waals surface area contributed by atoms with Crippen molar-refractivity contribution in [2.24, 2.45) is 0 Å². The van der Waals surface area contributed by atoms with E-state index >= 15 is 0 Å². The van der Waals surface area contributed by atoms with E-state index in [2.05, 4.69) is 21.2 Å². The molecule has 1 aromatic rings. The molecule has 1 aliphatic heterocycles. The molecule has 0 spiro atoms. The minimum atomic E-state index is -2.96. The number of halogens is 1. The maximum Gasteiger partial charge on any atom is 0.227 e. The van der Waals surface area contributed by atoms with Crippen LogP contribution in [-0.2, 0) is 14.6 Å². The van der Waals surface area contributed by atoms with E-state index in [9.17, 15) is 13.2 Å². The summed E-state index contributed by atoms with van der Waals surface area (Å²) in [5.41, 5.74) is 0.918. The molecule has 1 saturated heterocycles. The number of sulfone groups is 1. The second kappa shape index (κ2) is 5.63. The summed E-state index contributed by atoms with van der Waals surface area (Å²) in [7, 11) is -2.96. The monoisotopic (exact) mass is 345 g/mol. The number of hydrogen-bond acceptors (Lipinski definition) is 3. The number of rotatable bonds is 3. The molecule has 0 saturated carbocycles. The van der Waals surface area contributed by atoms with Gasteiger partial charge in [0.25, 0.3) is 0 Å². The van der Waals surface area contributed by atoms with Crippen molar-refractivity contribution < 1.29 is 13.2 Å². The molecule has 1 fully saturated rings. The van der Waals surface area contributed by atoms with E-state index in [-0.39, 0.29) is 29.4 Å². The van der Waals surface area contributed by atoms with Crippen molar-refractivity contribution in [2.45, 2.75) is 25.3 Å². The summed E-state index contributed by atoms with van der Waals surface area (Å²) in [6.07, 6.45) is 0.515. The fourth-order valence-corrected chi connectivity index (χ4v) is 4.08. The minimum absolute atomic E-state index is 0.0613. The third-order valence-corrected chi connectivity index (χ3v) is 5.64. The number of carbonyl (C=O) groups excluding carboxylic acids is 1. The molecule has 0 aromatic heterocycles. The highest BCUT2D eigenvalue weighted by atomic mass is 79.9. The normalized spacial score (nSPS) is 22.9. The van der Waals surface area contributed by atoms with Gasteiger partial charge in [-0.1, -0.05) is 28.1 Å². The molecule has 2 unspecified atom stereocenters. The molecule has 1 aromatic carbocycles. The quantitative estimate of drug-likeness (QED) is 0.909. The summed E-state index contributed by atoms with van der Waals surface area (Å²) in [5, 5.41) is 2.82. The van der Waals surface area contributed by atoms with Crippen molar-refractivity contribution >= 4 is 31.7 Å². The molecule has 0 aliphatic carbocycles. The molecule has 1 aliphatic rings. The Bertz CT molecular complexity index is 568. The Hall–Kier alpha value is -0.880. The van der Waals surface area contributed by atoms with Crippen LogP contribution in [0.4, 0.5) is 0 Å². The molecule has 1 amide bonds. The van der Waals surface area contributed by atoms with E-state index in [1.807, 2.05) is 31.2 Å². The Labute approximate surface area is 121 Å². The van der Waals surface area contributed by atoms with Gasteiger partial charge in [-0.2, -0.15) is 0 Å². The fourth-order valence-electron chi connectivity index (χ4n) is 2.14. The summed E-state index contributed by atoms with van der Waals surface area (Å²) >= 11 is 3.35. The molecule has 2 rings (SSSR count). The molecule has 104 valence electrons. The van der Waals surface area contributed by atoms with Crippen molar-refractivity contribution in [1.29, 1.82) is 0 Å². The van der Waals surface area contributed by atoms with E-state index in [1.165, 1.54) is 0 Å². The predicted octanol–water partition coefficient (Wildman–Crippen LogP) is 1.86. The highest BCUT2D eigenvalue weighted by Crippen LogP contribution is 2.20. The number of benzene rings is 1. The number of carbonyl (C=O) groups is 1. The molecule has 6 heteroatoms. The first-order valence-electron chi connectivity index (χ1n) is 6.14. The average molecular weight is 346 g/mol. The van der Waals surface area contributed by atoms with Crippen LogP contribution in [0, 0.1) is 0 Å². The van der Waals surface area contributed by atoms with Crippen LogP contribution in [-0.4, -0.2) is 31.9 Å². The highest BCUT2D eigenvalue weighted by Gasteiger charge is 2.30. The van der Waals surface area contributed by atoms with Crippen LogP contribution in [0.2, 0.25) is 0 Å². The van der Waals surface area contributed by atoms with Gasteiger partial charge in [0.05, 0.1) is 17.4 Å². The summed E-state index contributed by atoms with van der Waals surface area (Å²) in [6.45, 7) is 1.82. The Balaban J connectivity index is 1.98. The standard InChI is InChI=1S/C13H16BrNO3S/c1-9(10-2-4-11(14)5-3-10)13(16)15-12-6-7-19(17,18)8-12/h2-5,9,12H,6-8H2,1H3,(H,15,16). The second-order valence-corrected chi connectivity index (χ2v) is 8.03. The highest BCUT2D eigenvalue weighted by molar-refractivity contribution is 9.10. The van der Waals surface area contributed by atoms with Crippen molar-refractivity contribution in [3.8, 4) is 0 Å². The van der Waals surface area contributed by atoms with Crippen molar-refractivity contribution in [1.82, 2.24) is 5.32 Å². The Morgan fingerprint density at radius 2 is 2.00 bits per heavy atom. The van der Waals surface area contributed by atoms with Crippen LogP contribution < -0.4 is 5.32 Å². The lowest BCUT2D eigenvalue weighted by atomic mass is 10.00. The van der Waals surface area contributed by atoms with Gasteiger partial charge >= 0.3 is 0 Å². The number of amides is 1. The third kappa shape index (κ3) is 3.79. The van der Waals surface area contributed by atoms with E-state index in [1.54, 1.807) is 0 Å². The molecule has 19 heavy (non-hydrogen) atoms. The first kappa shape index (κ1) is 14.5. The van der Waals surface area contributed by atoms with Crippen LogP contribution >= 0.6 is 15.9 Å². The van der Waals surface area contributed by atoms with Crippen LogP contribution in [0.25, 0.3) is 0 Å². The SMILES string of the molecule is CC(C(=O)NC1CCS(=O)(=O)C1)c1ccc(Br)cc1. The molecule has 1 N–H and O–H groups in total. The van der Waals surface area contributed by atoms with Crippen LogP contribution in [0.5, 0.6) is 0 Å². The van der Waals surface area contributed by atoms with E-state index in [0.717, 1.165) is 10.0 Å². The summed E-state index contributed by atoms with van der Waals surface area (Å²) in [4.78, 5) is 12.1. The van der Waals surface area contributed by atoms with Crippen LogP contribution in [0.1, 0.15) is 24.8 Å². The zero-order valence-corrected chi connectivity index (χ0v) is 13.0. The number of hydrogen-bond donors (Lipinski definition) is 1. The van der Waals surface area contributed by atoms with Crippen molar-refractivity contribution in [3.63, 3.8) is 0 Å². The molecule has 4 nitrogen and oxygen atoms in total. The zero-order valence-electron chi connectivity index (χ0n) is 10.6. The van der Waals surface area contributed by atoms with Gasteiger partial charge in [0.2, 0.25) is 5.91 Å². The molecular formula is C13H16BrNO3S. The molecule has 2 atom stereocenters. The third-order valence-electron chi connectivity index (χ3n) is 3.34. The van der Waals surface area contributed by atoms with E-state index < -0.39 is 9.84 Å². The number of nitrogens with one attached hydrogen (secondary N) is 1. The maximum absolute atomic E-state index is 12.1. The van der Waals surface area contributed by atoms with Gasteiger partial charge in [0.15, 0.2) is 9.84 Å². The fraction of sp³-hybridized carbons (Fsp3) is 0.462. The van der Waals surface area contributed by atoms with Crippen LogP contribution in [0.3, 0.4) is 0 Å². The van der Waals surface area contributed by atoms with Crippen LogP contribution in [0.15, 0.2) is 28.7 Å². The van der Waals surface area contributed by atoms with Crippen molar-refractivity contribution in [3.05, 3.63) is 34.3 Å². The van der Waals surface area contributed by atoms with Gasteiger partial charge < -0.3 is 5.32 Å². The first-order valence-corrected chi connectivity index (χ1v) is 8.75. The summed E-state index contributed by atoms with van der Waals surface area (Å²) in [5.74, 6) is -0.169. The lowest BCUT2D eigenvalue weighted by molar-refractivity contribution is -0.122. The Morgan fingerprint density at radius 3 is 2.53 bits per heavy atom. The van der Waals surface area contributed by atoms with E-state index in [0.29, 0.717) is 6.42 Å². The average Bonchev–Trinajstić information content (AvgIpc) is 2.68. The summed E-state index contributed by atoms with van der Waals surface area (Å²) < 4.78 is 23.7. The van der Waals surface area contributed by atoms with Crippen molar-refractivity contribution in [2.75, 3.05) is 11.5 Å². The molecule has 0 radical (unpaired) electrons. The van der Waals surface area contributed by atoms with Gasteiger partial charge in [0.1, 0.15) is 0 Å². The van der Waals surface area contributed by atoms with Gasteiger partial charge in [-0.3, -0.25) is 4.79 Å². The largest absolute Gasteiger partial charge is 0.352 e. The van der Waals surface area contributed by atoms with Gasteiger partial charge in [0, 0.05) is 10.5 Å². The predicted molar refractivity (Wildman–Crippen MR) is 77.8 cm³/mol. The topological polar surface area (TPSA) is 63.2 Å². The van der Waals surface area contributed by atoms with Gasteiger partial charge in [-0.15, -0.1) is 0 Å². The van der Waals surface area contributed by atoms with Gasteiger partial charge in [-0.05, 0) is 31.0 Å². The lowest BCUT2D eigenvalue weighted by Gasteiger charge is -2.16. The zero-order chi connectivity index (χ0) is 14.0. The minimum Gasteiger partial charge on any atom is -0.352 e. The molecule has 1 heterocycles. The van der Waals surface area contributed by atoms with E-state index in [4.69, 9.17) is 0 Å². The Kier molecular flexibility index (Phi) is 4.30. The first-order chi connectivity index (χ1) is 8.87. The molecular weight excluding hydrogens is 330 g/mol. The summed E-state index contributed by atoms with van der Waals surface area (Å²) in [6, 6.07) is 7.31. The smallest absolute Gasteiger partial charge is 0.227 e. The maximum atomic E-state index is 12.1.